The molecule has 6 heteroatoms. The van der Waals surface area contributed by atoms with Gasteiger partial charge in [0.05, 0.1) is 17.8 Å². The zero-order valence-electron chi connectivity index (χ0n) is 11.6. The summed E-state index contributed by atoms with van der Waals surface area (Å²) < 4.78 is 5.30. The van der Waals surface area contributed by atoms with Gasteiger partial charge >= 0.3 is 0 Å². The maximum atomic E-state index is 12.2. The first-order chi connectivity index (χ1) is 10.1. The van der Waals surface area contributed by atoms with E-state index in [0.717, 1.165) is 25.7 Å². The molecule has 6 nitrogen and oxygen atoms in total. The number of hydrogen-bond acceptors (Lipinski definition) is 4. The summed E-state index contributed by atoms with van der Waals surface area (Å²) in [5.74, 6) is 0.0562. The van der Waals surface area contributed by atoms with Gasteiger partial charge in [-0.1, -0.05) is 12.8 Å². The quantitative estimate of drug-likeness (QED) is 0.759. The summed E-state index contributed by atoms with van der Waals surface area (Å²) in [5, 5.41) is 15.4. The number of nitrogens with one attached hydrogen (secondary N) is 2. The van der Waals surface area contributed by atoms with Crippen molar-refractivity contribution in [3.8, 4) is 5.75 Å². The van der Waals surface area contributed by atoms with Gasteiger partial charge in [-0.3, -0.25) is 9.59 Å². The van der Waals surface area contributed by atoms with Crippen molar-refractivity contribution in [2.24, 2.45) is 0 Å². The van der Waals surface area contributed by atoms with E-state index in [0.29, 0.717) is 17.0 Å². The highest BCUT2D eigenvalue weighted by Crippen LogP contribution is 2.28. The Morgan fingerprint density at radius 1 is 1.33 bits per heavy atom. The Labute approximate surface area is 122 Å². The van der Waals surface area contributed by atoms with Crippen molar-refractivity contribution in [1.29, 1.82) is 0 Å². The highest BCUT2D eigenvalue weighted by atomic mass is 16.5. The van der Waals surface area contributed by atoms with Gasteiger partial charge in [0.25, 0.3) is 11.8 Å². The third kappa shape index (κ3) is 3.00. The van der Waals surface area contributed by atoms with Crippen molar-refractivity contribution in [2.75, 3.05) is 11.9 Å². The fraction of sp³-hybridized carbons (Fsp3) is 0.467. The van der Waals surface area contributed by atoms with Crippen LogP contribution in [0.25, 0.3) is 0 Å². The predicted molar refractivity (Wildman–Crippen MR) is 76.3 cm³/mol. The molecule has 3 rings (SSSR count). The molecule has 0 aromatic heterocycles. The molecule has 2 unspecified atom stereocenters. The summed E-state index contributed by atoms with van der Waals surface area (Å²) >= 11 is 0. The van der Waals surface area contributed by atoms with Gasteiger partial charge in [0, 0.05) is 5.56 Å². The Bertz CT molecular complexity index is 573. The van der Waals surface area contributed by atoms with E-state index >= 15 is 0 Å². The molecule has 0 bridgehead atoms. The monoisotopic (exact) mass is 290 g/mol. The van der Waals surface area contributed by atoms with Crippen molar-refractivity contribution >= 4 is 17.5 Å². The summed E-state index contributed by atoms with van der Waals surface area (Å²) in [6.07, 6.45) is 3.06. The number of aliphatic hydroxyl groups excluding tert-OH is 1. The Balaban J connectivity index is 1.71. The highest BCUT2D eigenvalue weighted by molar-refractivity contribution is 5.99. The normalized spacial score (nSPS) is 24.5. The smallest absolute Gasteiger partial charge is 0.262 e. The van der Waals surface area contributed by atoms with E-state index in [1.54, 1.807) is 18.2 Å². The van der Waals surface area contributed by atoms with Gasteiger partial charge in [0.2, 0.25) is 0 Å². The second-order valence-corrected chi connectivity index (χ2v) is 5.48. The summed E-state index contributed by atoms with van der Waals surface area (Å²) in [6.45, 7) is -0.0423. The number of fused-ring (bicyclic) bond motifs is 1. The molecule has 1 heterocycles. The van der Waals surface area contributed by atoms with E-state index < -0.39 is 6.10 Å². The Kier molecular flexibility index (Phi) is 3.79. The number of aliphatic hydroxyl groups is 1. The van der Waals surface area contributed by atoms with Crippen LogP contribution in [-0.4, -0.2) is 35.7 Å². The molecule has 2 atom stereocenters. The lowest BCUT2D eigenvalue weighted by atomic mass is 9.92. The van der Waals surface area contributed by atoms with E-state index in [1.165, 1.54) is 0 Å². The third-order valence-electron chi connectivity index (χ3n) is 3.92. The van der Waals surface area contributed by atoms with Gasteiger partial charge in [0.1, 0.15) is 5.75 Å². The van der Waals surface area contributed by atoms with Crippen LogP contribution >= 0.6 is 0 Å². The van der Waals surface area contributed by atoms with E-state index in [-0.39, 0.29) is 24.5 Å². The number of hydrogen-bond donors (Lipinski definition) is 3. The molecule has 0 spiro atoms. The lowest BCUT2D eigenvalue weighted by Gasteiger charge is -2.28. The van der Waals surface area contributed by atoms with Crippen molar-refractivity contribution < 1.29 is 19.4 Å². The van der Waals surface area contributed by atoms with Crippen LogP contribution < -0.4 is 15.4 Å². The molecule has 2 amide bonds. The minimum Gasteiger partial charge on any atom is -0.482 e. The second kappa shape index (κ2) is 5.73. The molecule has 1 fully saturated rings. The first kappa shape index (κ1) is 13.9. The van der Waals surface area contributed by atoms with E-state index in [1.807, 2.05) is 0 Å². The van der Waals surface area contributed by atoms with Crippen molar-refractivity contribution in [3.05, 3.63) is 23.8 Å². The molecule has 1 aliphatic carbocycles. The molecule has 21 heavy (non-hydrogen) atoms. The summed E-state index contributed by atoms with van der Waals surface area (Å²) in [7, 11) is 0. The van der Waals surface area contributed by atoms with Gasteiger partial charge in [-0.05, 0) is 31.0 Å². The summed E-state index contributed by atoms with van der Waals surface area (Å²) in [6, 6.07) is 4.71. The zero-order valence-corrected chi connectivity index (χ0v) is 11.6. The number of anilines is 1. The van der Waals surface area contributed by atoms with Crippen LogP contribution in [0.3, 0.4) is 0 Å². The van der Waals surface area contributed by atoms with Crippen molar-refractivity contribution in [3.63, 3.8) is 0 Å². The maximum Gasteiger partial charge on any atom is 0.262 e. The molecule has 1 aromatic rings. The molecule has 0 saturated heterocycles. The van der Waals surface area contributed by atoms with Crippen molar-refractivity contribution in [1.82, 2.24) is 5.32 Å². The van der Waals surface area contributed by atoms with Gasteiger partial charge in [-0.2, -0.15) is 0 Å². The predicted octanol–water partition coefficient (Wildman–Crippen LogP) is 1.05. The Morgan fingerprint density at radius 2 is 2.14 bits per heavy atom. The van der Waals surface area contributed by atoms with Crippen LogP contribution in [-0.2, 0) is 4.79 Å². The molecule has 112 valence electrons. The number of rotatable bonds is 2. The lowest BCUT2D eigenvalue weighted by Crippen LogP contribution is -2.45. The molecule has 1 aliphatic heterocycles. The fourth-order valence-corrected chi connectivity index (χ4v) is 2.75. The lowest BCUT2D eigenvalue weighted by molar-refractivity contribution is -0.118. The molecule has 0 radical (unpaired) electrons. The molecular formula is C15H18N2O4. The van der Waals surface area contributed by atoms with Crippen LogP contribution in [0.5, 0.6) is 5.75 Å². The largest absolute Gasteiger partial charge is 0.482 e. The van der Waals surface area contributed by atoms with Crippen LogP contribution in [0.15, 0.2) is 18.2 Å². The van der Waals surface area contributed by atoms with Gasteiger partial charge in [-0.15, -0.1) is 0 Å². The third-order valence-corrected chi connectivity index (χ3v) is 3.92. The van der Waals surface area contributed by atoms with Gasteiger partial charge in [0.15, 0.2) is 6.61 Å². The van der Waals surface area contributed by atoms with Crippen molar-refractivity contribution in [2.45, 2.75) is 37.8 Å². The fourth-order valence-electron chi connectivity index (χ4n) is 2.75. The first-order valence-electron chi connectivity index (χ1n) is 7.19. The van der Waals surface area contributed by atoms with E-state index in [9.17, 15) is 14.7 Å². The van der Waals surface area contributed by atoms with Crippen LogP contribution in [0.1, 0.15) is 36.0 Å². The summed E-state index contributed by atoms with van der Waals surface area (Å²) in [4.78, 5) is 23.4. The maximum absolute atomic E-state index is 12.2. The van der Waals surface area contributed by atoms with E-state index in [4.69, 9.17) is 4.74 Å². The minimum atomic E-state index is -0.476. The van der Waals surface area contributed by atoms with Gasteiger partial charge in [-0.25, -0.2) is 0 Å². The molecule has 1 aromatic carbocycles. The number of benzene rings is 1. The van der Waals surface area contributed by atoms with Gasteiger partial charge < -0.3 is 20.5 Å². The molecule has 2 aliphatic rings. The SMILES string of the molecule is O=C1COc2cc(C(=O)NC3CCCCC3O)ccc2N1. The average Bonchev–Trinajstić information content (AvgIpc) is 2.49. The molecular weight excluding hydrogens is 272 g/mol. The Morgan fingerprint density at radius 3 is 2.95 bits per heavy atom. The Hall–Kier alpha value is -2.08. The minimum absolute atomic E-state index is 0.0423. The first-order valence-corrected chi connectivity index (χ1v) is 7.19. The van der Waals surface area contributed by atoms with E-state index in [2.05, 4.69) is 10.6 Å². The standard InChI is InChI=1S/C15H18N2O4/c18-12-4-2-1-3-10(12)17-15(20)9-5-6-11-13(7-9)21-8-14(19)16-11/h5-7,10,12,18H,1-4,8H2,(H,16,19)(H,17,20). The molecule has 3 N–H and O–H groups in total. The second-order valence-electron chi connectivity index (χ2n) is 5.48. The summed E-state index contributed by atoms with van der Waals surface area (Å²) in [5.41, 5.74) is 1.03. The highest BCUT2D eigenvalue weighted by Gasteiger charge is 2.25. The topological polar surface area (TPSA) is 87.7 Å². The van der Waals surface area contributed by atoms with Crippen LogP contribution in [0.4, 0.5) is 5.69 Å². The van der Waals surface area contributed by atoms with Crippen LogP contribution in [0, 0.1) is 0 Å². The number of amides is 2. The zero-order chi connectivity index (χ0) is 14.8. The number of ether oxygens (including phenoxy) is 1. The number of carbonyl (C=O) groups excluding carboxylic acids is 2. The molecule has 1 saturated carbocycles. The number of carbonyl (C=O) groups is 2. The average molecular weight is 290 g/mol. The van der Waals surface area contributed by atoms with Crippen LogP contribution in [0.2, 0.25) is 0 Å².